The molecule has 2 N–H and O–H groups in total. The first kappa shape index (κ1) is 16.3. The molecule has 1 aromatic carbocycles. The van der Waals surface area contributed by atoms with E-state index < -0.39 is 0 Å². The van der Waals surface area contributed by atoms with Crippen LogP contribution in [0, 0.1) is 11.3 Å². The molecule has 0 unspecified atom stereocenters. The number of anilines is 1. The van der Waals surface area contributed by atoms with E-state index in [0.29, 0.717) is 17.8 Å². The van der Waals surface area contributed by atoms with Gasteiger partial charge in [-0.1, -0.05) is 13.0 Å². The molecule has 1 aliphatic rings. The lowest BCUT2D eigenvalue weighted by Gasteiger charge is -2.32. The second kappa shape index (κ2) is 8.37. The average molecular weight is 302 g/mol. The summed E-state index contributed by atoms with van der Waals surface area (Å²) in [4.78, 5) is 14.2. The van der Waals surface area contributed by atoms with Crippen LogP contribution in [0.15, 0.2) is 24.3 Å². The number of nitrogens with one attached hydrogen (secondary N) is 2. The summed E-state index contributed by atoms with van der Waals surface area (Å²) >= 11 is 0. The van der Waals surface area contributed by atoms with Gasteiger partial charge in [-0.05, 0) is 31.2 Å². The molecule has 1 saturated heterocycles. The van der Waals surface area contributed by atoms with Crippen molar-refractivity contribution in [3.05, 3.63) is 29.8 Å². The molecule has 0 radical (unpaired) electrons. The fourth-order valence-corrected chi connectivity index (χ4v) is 2.43. The number of carbonyl (C=O) groups excluding carboxylic acids is 1. The van der Waals surface area contributed by atoms with Crippen molar-refractivity contribution in [2.24, 2.45) is 0 Å². The topological polar surface area (TPSA) is 77.4 Å². The van der Waals surface area contributed by atoms with Gasteiger partial charge in [0, 0.05) is 25.3 Å². The molecule has 1 aliphatic heterocycles. The van der Waals surface area contributed by atoms with Gasteiger partial charge in [-0.2, -0.15) is 5.26 Å². The van der Waals surface area contributed by atoms with Crippen molar-refractivity contribution in [2.45, 2.75) is 19.4 Å². The Balaban J connectivity index is 1.70. The van der Waals surface area contributed by atoms with E-state index in [1.165, 1.54) is 0 Å². The summed E-state index contributed by atoms with van der Waals surface area (Å²) in [6.07, 6.45) is 0.971. The van der Waals surface area contributed by atoms with Crippen LogP contribution in [0.1, 0.15) is 18.9 Å². The minimum absolute atomic E-state index is 0.177. The number of likely N-dealkylation sites (N-methyl/N-ethyl adjacent to an activating group) is 1. The number of hydrogen-bond acceptors (Lipinski definition) is 4. The first-order valence-electron chi connectivity index (χ1n) is 7.60. The van der Waals surface area contributed by atoms with E-state index in [2.05, 4.69) is 22.5 Å². The number of nitriles is 1. The van der Waals surface area contributed by atoms with E-state index in [0.717, 1.165) is 32.7 Å². The van der Waals surface area contributed by atoms with Gasteiger partial charge in [0.05, 0.1) is 24.3 Å². The molecular weight excluding hydrogens is 280 g/mol. The zero-order chi connectivity index (χ0) is 15.8. The zero-order valence-corrected chi connectivity index (χ0v) is 12.8. The number of hydrogen-bond donors (Lipinski definition) is 2. The van der Waals surface area contributed by atoms with Gasteiger partial charge in [-0.15, -0.1) is 0 Å². The largest absolute Gasteiger partial charge is 0.375 e. The van der Waals surface area contributed by atoms with Crippen LogP contribution in [-0.4, -0.2) is 49.8 Å². The van der Waals surface area contributed by atoms with E-state index in [-0.39, 0.29) is 12.1 Å². The van der Waals surface area contributed by atoms with Crippen molar-refractivity contribution in [2.75, 3.05) is 38.1 Å². The average Bonchev–Trinajstić information content (AvgIpc) is 2.55. The Morgan fingerprint density at radius 1 is 1.55 bits per heavy atom. The molecular formula is C16H22N4O2. The number of rotatable bonds is 5. The van der Waals surface area contributed by atoms with Gasteiger partial charge >= 0.3 is 6.03 Å². The van der Waals surface area contributed by atoms with Crippen LogP contribution in [0.4, 0.5) is 10.5 Å². The summed E-state index contributed by atoms with van der Waals surface area (Å²) in [5, 5.41) is 14.4. The predicted octanol–water partition coefficient (Wildman–Crippen LogP) is 1.79. The summed E-state index contributed by atoms with van der Waals surface area (Å²) in [6.45, 7) is 6.39. The first-order valence-corrected chi connectivity index (χ1v) is 7.60. The van der Waals surface area contributed by atoms with Crippen LogP contribution in [0.3, 0.4) is 0 Å². The third-order valence-corrected chi connectivity index (χ3v) is 3.67. The third-order valence-electron chi connectivity index (χ3n) is 3.67. The molecule has 1 atom stereocenters. The Morgan fingerprint density at radius 3 is 3.18 bits per heavy atom. The SMILES string of the molecule is CCN1CCO[C@H](CCNC(=O)Nc2cccc(C#N)c2)C1. The molecule has 1 heterocycles. The molecule has 22 heavy (non-hydrogen) atoms. The van der Waals surface area contributed by atoms with Crippen molar-refractivity contribution in [1.29, 1.82) is 5.26 Å². The highest BCUT2D eigenvalue weighted by Crippen LogP contribution is 2.10. The predicted molar refractivity (Wildman–Crippen MR) is 84.6 cm³/mol. The number of ether oxygens (including phenoxy) is 1. The van der Waals surface area contributed by atoms with E-state index in [9.17, 15) is 4.79 Å². The Kier molecular flexibility index (Phi) is 6.19. The molecule has 0 aliphatic carbocycles. The summed E-state index contributed by atoms with van der Waals surface area (Å²) in [6, 6.07) is 8.61. The Morgan fingerprint density at radius 2 is 2.41 bits per heavy atom. The van der Waals surface area contributed by atoms with E-state index in [1.54, 1.807) is 24.3 Å². The van der Waals surface area contributed by atoms with Gasteiger partial charge in [0.1, 0.15) is 0 Å². The summed E-state index contributed by atoms with van der Waals surface area (Å²) < 4.78 is 5.69. The Hall–Kier alpha value is -2.10. The number of benzene rings is 1. The standard InChI is InChI=1S/C16H22N4O2/c1-2-20-8-9-22-15(12-20)6-7-18-16(21)19-14-5-3-4-13(10-14)11-17/h3-5,10,15H,2,6-9,12H2,1H3,(H2,18,19,21)/t15-/m1/s1. The zero-order valence-electron chi connectivity index (χ0n) is 12.8. The quantitative estimate of drug-likeness (QED) is 0.869. The van der Waals surface area contributed by atoms with Crippen molar-refractivity contribution < 1.29 is 9.53 Å². The minimum atomic E-state index is -0.266. The molecule has 2 rings (SSSR count). The van der Waals surface area contributed by atoms with Gasteiger partial charge in [0.2, 0.25) is 0 Å². The van der Waals surface area contributed by atoms with Crippen molar-refractivity contribution >= 4 is 11.7 Å². The molecule has 0 aromatic heterocycles. The molecule has 1 aromatic rings. The highest BCUT2D eigenvalue weighted by molar-refractivity contribution is 5.89. The normalized spacial score (nSPS) is 18.5. The maximum Gasteiger partial charge on any atom is 0.319 e. The lowest BCUT2D eigenvalue weighted by atomic mass is 10.2. The van der Waals surface area contributed by atoms with Crippen LogP contribution in [0.5, 0.6) is 0 Å². The molecule has 6 nitrogen and oxygen atoms in total. The summed E-state index contributed by atoms with van der Waals surface area (Å²) in [7, 11) is 0. The number of nitrogens with zero attached hydrogens (tertiary/aromatic N) is 2. The van der Waals surface area contributed by atoms with E-state index in [4.69, 9.17) is 10.00 Å². The molecule has 0 saturated carbocycles. The highest BCUT2D eigenvalue weighted by Gasteiger charge is 2.18. The molecule has 118 valence electrons. The fourth-order valence-electron chi connectivity index (χ4n) is 2.43. The van der Waals surface area contributed by atoms with Crippen molar-refractivity contribution in [3.63, 3.8) is 0 Å². The van der Waals surface area contributed by atoms with Crippen LogP contribution < -0.4 is 10.6 Å². The second-order valence-electron chi connectivity index (χ2n) is 5.25. The molecule has 0 spiro atoms. The van der Waals surface area contributed by atoms with E-state index in [1.807, 2.05) is 6.07 Å². The van der Waals surface area contributed by atoms with Crippen LogP contribution in [0.25, 0.3) is 0 Å². The van der Waals surface area contributed by atoms with Crippen molar-refractivity contribution in [3.8, 4) is 6.07 Å². The van der Waals surface area contributed by atoms with Crippen LogP contribution in [0.2, 0.25) is 0 Å². The molecule has 1 fully saturated rings. The lowest BCUT2D eigenvalue weighted by Crippen LogP contribution is -2.43. The first-order chi connectivity index (χ1) is 10.7. The minimum Gasteiger partial charge on any atom is -0.375 e. The van der Waals surface area contributed by atoms with Gasteiger partial charge in [-0.3, -0.25) is 4.90 Å². The summed E-state index contributed by atoms with van der Waals surface area (Å²) in [5.74, 6) is 0. The second-order valence-corrected chi connectivity index (χ2v) is 5.25. The summed E-state index contributed by atoms with van der Waals surface area (Å²) in [5.41, 5.74) is 1.13. The molecule has 2 amide bonds. The van der Waals surface area contributed by atoms with Crippen molar-refractivity contribution in [1.82, 2.24) is 10.2 Å². The monoisotopic (exact) mass is 302 g/mol. The smallest absolute Gasteiger partial charge is 0.319 e. The number of amides is 2. The van der Waals surface area contributed by atoms with Gasteiger partial charge in [0.25, 0.3) is 0 Å². The fraction of sp³-hybridized carbons (Fsp3) is 0.500. The van der Waals surface area contributed by atoms with Gasteiger partial charge < -0.3 is 15.4 Å². The van der Waals surface area contributed by atoms with Crippen LogP contribution >= 0.6 is 0 Å². The third kappa shape index (κ3) is 5.02. The number of carbonyl (C=O) groups is 1. The van der Waals surface area contributed by atoms with Crippen LogP contribution in [-0.2, 0) is 4.74 Å². The number of morpholine rings is 1. The maximum absolute atomic E-state index is 11.8. The van der Waals surface area contributed by atoms with E-state index >= 15 is 0 Å². The number of urea groups is 1. The Labute approximate surface area is 131 Å². The molecule has 6 heteroatoms. The maximum atomic E-state index is 11.8. The highest BCUT2D eigenvalue weighted by atomic mass is 16.5. The van der Waals surface area contributed by atoms with Gasteiger partial charge in [-0.25, -0.2) is 4.79 Å². The van der Waals surface area contributed by atoms with Gasteiger partial charge in [0.15, 0.2) is 0 Å². The molecule has 0 bridgehead atoms. The lowest BCUT2D eigenvalue weighted by molar-refractivity contribution is -0.0294. The Bertz CT molecular complexity index is 541.